The van der Waals surface area contributed by atoms with Gasteiger partial charge in [0.15, 0.2) is 5.78 Å². The predicted molar refractivity (Wildman–Crippen MR) is 60.4 cm³/mol. The van der Waals surface area contributed by atoms with E-state index in [0.717, 1.165) is 6.07 Å². The van der Waals surface area contributed by atoms with Gasteiger partial charge in [0.25, 0.3) is 0 Å². The number of ketones is 1. The number of benzene rings is 1. The zero-order valence-corrected chi connectivity index (χ0v) is 8.63. The van der Waals surface area contributed by atoms with E-state index in [-0.39, 0.29) is 5.02 Å². The van der Waals surface area contributed by atoms with E-state index < -0.39 is 47.5 Å². The van der Waals surface area contributed by atoms with Crippen molar-refractivity contribution in [2.24, 2.45) is 5.73 Å². The second-order valence-electron chi connectivity index (χ2n) is 2.72. The number of carboxylic acids is 1. The molecule has 6 heteroatoms. The number of rotatable bonds is 4. The summed E-state index contributed by atoms with van der Waals surface area (Å²) < 4.78 is 37.4. The predicted octanol–water partition coefficient (Wildman–Crippen LogP) is 0.907. The minimum absolute atomic E-state index is 0.224. The molecule has 0 aliphatic carbocycles. The third-order valence-electron chi connectivity index (χ3n) is 1.57. The Balaban J connectivity index is 3.53. The number of carbonyl (C=O) groups excluding carboxylic acids is 1. The lowest BCUT2D eigenvalue weighted by molar-refractivity contribution is -0.138. The summed E-state index contributed by atoms with van der Waals surface area (Å²) >= 11 is 5.60. The van der Waals surface area contributed by atoms with Crippen molar-refractivity contribution < 1.29 is 21.5 Å². The average Bonchev–Trinajstić information content (AvgIpc) is 2.35. The Morgan fingerprint density at radius 2 is 2.38 bits per heavy atom. The van der Waals surface area contributed by atoms with Crippen LogP contribution in [0.4, 0.5) is 5.69 Å². The van der Waals surface area contributed by atoms with Gasteiger partial charge in [-0.2, -0.15) is 0 Å². The van der Waals surface area contributed by atoms with Crippen LogP contribution in [0.5, 0.6) is 0 Å². The van der Waals surface area contributed by atoms with Gasteiger partial charge in [0.2, 0.25) is 0 Å². The Bertz CT molecular complexity index is 636. The first-order valence-electron chi connectivity index (χ1n) is 6.48. The molecule has 0 radical (unpaired) electrons. The molecule has 1 atom stereocenters. The summed E-state index contributed by atoms with van der Waals surface area (Å²) in [6, 6.07) is -3.49. The molecule has 1 rings (SSSR count). The molecule has 0 aromatic heterocycles. The van der Waals surface area contributed by atoms with Gasteiger partial charge in [-0.15, -0.1) is 0 Å². The van der Waals surface area contributed by atoms with Gasteiger partial charge >= 0.3 is 5.97 Å². The van der Waals surface area contributed by atoms with Crippen LogP contribution in [0.2, 0.25) is 5.02 Å². The molecule has 0 aliphatic rings. The topological polar surface area (TPSA) is 106 Å². The van der Waals surface area contributed by atoms with Crippen LogP contribution in [0.15, 0.2) is 18.2 Å². The SMILES string of the molecule is [2H]c1cc(Cl)c([2H])c(N)c1C(=O)C([2H])([2H])C([2H])(N)C(=O)O. The van der Waals surface area contributed by atoms with Gasteiger partial charge in [-0.1, -0.05) is 11.6 Å². The highest BCUT2D eigenvalue weighted by molar-refractivity contribution is 6.31. The molecule has 0 spiro atoms. The fraction of sp³-hybridized carbons (Fsp3) is 0.200. The van der Waals surface area contributed by atoms with Crippen molar-refractivity contribution in [1.29, 1.82) is 0 Å². The molecule has 16 heavy (non-hydrogen) atoms. The lowest BCUT2D eigenvalue weighted by Crippen LogP contribution is -2.32. The first-order chi connectivity index (χ1) is 9.35. The molecule has 0 saturated carbocycles. The number of hydrogen-bond donors (Lipinski definition) is 3. The molecule has 0 bridgehead atoms. The fourth-order valence-corrected chi connectivity index (χ4v) is 1.02. The first-order valence-corrected chi connectivity index (χ1v) is 4.35. The zero-order valence-electron chi connectivity index (χ0n) is 12.9. The van der Waals surface area contributed by atoms with Gasteiger partial charge in [0, 0.05) is 25.4 Å². The number of Topliss-reactive ketones (excluding diaryl/α,β-unsaturated/α-hetero) is 1. The number of anilines is 1. The maximum absolute atomic E-state index is 12.2. The third-order valence-corrected chi connectivity index (χ3v) is 1.78. The molecule has 0 heterocycles. The summed E-state index contributed by atoms with van der Waals surface area (Å²) in [6.45, 7) is 0. The second kappa shape index (κ2) is 4.96. The van der Waals surface area contributed by atoms with Gasteiger partial charge < -0.3 is 16.6 Å². The van der Waals surface area contributed by atoms with Crippen LogP contribution in [-0.2, 0) is 4.79 Å². The van der Waals surface area contributed by atoms with E-state index in [2.05, 4.69) is 0 Å². The van der Waals surface area contributed by atoms with Gasteiger partial charge in [-0.3, -0.25) is 9.59 Å². The van der Waals surface area contributed by atoms with Crippen LogP contribution in [0, 0.1) is 0 Å². The lowest BCUT2D eigenvalue weighted by Gasteiger charge is -2.07. The Labute approximate surface area is 104 Å². The fourth-order valence-electron chi connectivity index (χ4n) is 0.867. The molecular formula is C10H11ClN2O3. The van der Waals surface area contributed by atoms with E-state index in [1.807, 2.05) is 0 Å². The minimum atomic E-state index is -3.37. The summed E-state index contributed by atoms with van der Waals surface area (Å²) in [5.41, 5.74) is 9.19. The molecule has 1 aromatic rings. The van der Waals surface area contributed by atoms with Gasteiger partial charge in [-0.05, 0) is 18.2 Å². The Hall–Kier alpha value is -1.59. The standard InChI is InChI=1S/C10H11ClN2O3/c11-5-1-2-6(7(12)3-5)9(14)4-8(13)10(15)16/h1-3,8H,4,12-13H2,(H,15,16)/i2D,3D,4D2,8D. The molecule has 86 valence electrons. The van der Waals surface area contributed by atoms with Crippen molar-refractivity contribution in [1.82, 2.24) is 0 Å². The van der Waals surface area contributed by atoms with E-state index in [0.29, 0.717) is 0 Å². The number of hydrogen-bond acceptors (Lipinski definition) is 4. The molecule has 0 saturated heterocycles. The molecule has 0 fully saturated rings. The highest BCUT2D eigenvalue weighted by atomic mass is 35.5. The van der Waals surface area contributed by atoms with Crippen molar-refractivity contribution in [3.63, 3.8) is 0 Å². The Kier molecular flexibility index (Phi) is 2.13. The van der Waals surface area contributed by atoms with Crippen molar-refractivity contribution in [3.05, 3.63) is 28.7 Å². The van der Waals surface area contributed by atoms with Gasteiger partial charge in [0.05, 0.1) is 4.11 Å². The summed E-state index contributed by atoms with van der Waals surface area (Å²) in [4.78, 5) is 23.0. The minimum Gasteiger partial charge on any atom is -0.480 e. The van der Waals surface area contributed by atoms with E-state index in [1.54, 1.807) is 0 Å². The maximum atomic E-state index is 12.2. The van der Waals surface area contributed by atoms with Crippen molar-refractivity contribution in [2.45, 2.75) is 12.4 Å². The summed E-state index contributed by atoms with van der Waals surface area (Å²) in [7, 11) is 0. The highest BCUT2D eigenvalue weighted by Crippen LogP contribution is 2.19. The third kappa shape index (κ3) is 2.95. The van der Waals surface area contributed by atoms with Crippen molar-refractivity contribution >= 4 is 29.0 Å². The average molecular weight is 248 g/mol. The van der Waals surface area contributed by atoms with Crippen LogP contribution in [0.3, 0.4) is 0 Å². The zero-order chi connectivity index (χ0) is 16.7. The number of aliphatic carboxylic acids is 1. The monoisotopic (exact) mass is 247 g/mol. The summed E-state index contributed by atoms with van der Waals surface area (Å²) in [6.07, 6.45) is -3.37. The van der Waals surface area contributed by atoms with E-state index >= 15 is 0 Å². The molecule has 5 nitrogen and oxygen atoms in total. The van der Waals surface area contributed by atoms with E-state index in [4.69, 9.17) is 35.0 Å². The van der Waals surface area contributed by atoms with Crippen LogP contribution < -0.4 is 11.5 Å². The molecule has 0 aliphatic heterocycles. The molecule has 1 aromatic carbocycles. The summed E-state index contributed by atoms with van der Waals surface area (Å²) in [5.74, 6) is -3.64. The largest absolute Gasteiger partial charge is 0.480 e. The highest BCUT2D eigenvalue weighted by Gasteiger charge is 2.18. The van der Waals surface area contributed by atoms with Crippen LogP contribution in [-0.4, -0.2) is 22.9 Å². The summed E-state index contributed by atoms with van der Waals surface area (Å²) in [5, 5.41) is 8.54. The number of nitrogen functional groups attached to an aromatic ring is 1. The first kappa shape index (κ1) is 6.88. The molecule has 1 unspecified atom stereocenters. The van der Waals surface area contributed by atoms with Gasteiger partial charge in [0.1, 0.15) is 6.02 Å². The lowest BCUT2D eigenvalue weighted by atomic mass is 10.0. The molecular weight excluding hydrogens is 232 g/mol. The number of carboxylic acid groups (broad SMARTS) is 1. The number of halogens is 1. The van der Waals surface area contributed by atoms with Gasteiger partial charge in [-0.25, -0.2) is 0 Å². The van der Waals surface area contributed by atoms with Crippen LogP contribution in [0.1, 0.15) is 23.6 Å². The Morgan fingerprint density at radius 1 is 1.75 bits per heavy atom. The normalized spacial score (nSPS) is 19.5. The van der Waals surface area contributed by atoms with Crippen LogP contribution in [0.25, 0.3) is 0 Å². The number of nitrogens with two attached hydrogens (primary N) is 2. The van der Waals surface area contributed by atoms with E-state index in [9.17, 15) is 9.59 Å². The van der Waals surface area contributed by atoms with Crippen LogP contribution >= 0.6 is 11.6 Å². The second-order valence-corrected chi connectivity index (χ2v) is 3.13. The maximum Gasteiger partial charge on any atom is 0.320 e. The quantitative estimate of drug-likeness (QED) is 0.542. The number of carbonyl (C=O) groups is 2. The molecule has 5 N–H and O–H groups in total. The van der Waals surface area contributed by atoms with E-state index in [1.165, 1.54) is 0 Å². The van der Waals surface area contributed by atoms with Crippen molar-refractivity contribution in [2.75, 3.05) is 5.73 Å². The Morgan fingerprint density at radius 3 is 2.94 bits per heavy atom. The van der Waals surface area contributed by atoms with Crippen molar-refractivity contribution in [3.8, 4) is 0 Å². The smallest absolute Gasteiger partial charge is 0.320 e. The molecule has 0 amide bonds.